The second-order valence-electron chi connectivity index (χ2n) is 6.62. The van der Waals surface area contributed by atoms with E-state index in [0.29, 0.717) is 18.9 Å². The molecule has 0 unspecified atom stereocenters. The molecule has 1 fully saturated rings. The fourth-order valence-corrected chi connectivity index (χ4v) is 3.35. The molecule has 1 aromatic carbocycles. The monoisotopic (exact) mass is 353 g/mol. The lowest BCUT2D eigenvalue weighted by molar-refractivity contribution is 0.0756. The van der Waals surface area contributed by atoms with Gasteiger partial charge < -0.3 is 19.7 Å². The Labute approximate surface area is 153 Å². The predicted octanol–water partition coefficient (Wildman–Crippen LogP) is 3.61. The van der Waals surface area contributed by atoms with E-state index < -0.39 is 0 Å². The number of carbonyl (C=O) groups is 1. The highest BCUT2D eigenvalue weighted by molar-refractivity contribution is 5.93. The summed E-state index contributed by atoms with van der Waals surface area (Å²) in [6.45, 7) is 2.77. The van der Waals surface area contributed by atoms with E-state index in [9.17, 15) is 4.79 Å². The van der Waals surface area contributed by atoms with Crippen LogP contribution in [0.2, 0.25) is 0 Å². The highest BCUT2D eigenvalue weighted by atomic mass is 16.6. The van der Waals surface area contributed by atoms with Crippen LogP contribution < -0.4 is 14.8 Å². The number of likely N-dealkylation sites (tertiary alicyclic amines) is 1. The standard InChI is InChI=1S/C20H23N3O3/c24-20(23-9-3-1-2-4-10-23)17-13-16(7-8-21-17)22-15-5-6-18-19(14-15)26-12-11-25-18/h5-8,13-14H,1-4,9-12H2,(H,21,22). The zero-order chi connectivity index (χ0) is 17.8. The van der Waals surface area contributed by atoms with Crippen molar-refractivity contribution in [1.82, 2.24) is 9.88 Å². The molecular formula is C20H23N3O3. The van der Waals surface area contributed by atoms with Crippen LogP contribution in [0.1, 0.15) is 36.2 Å². The van der Waals surface area contributed by atoms with Gasteiger partial charge in [0.15, 0.2) is 11.5 Å². The van der Waals surface area contributed by atoms with Gasteiger partial charge in [0.25, 0.3) is 5.91 Å². The number of nitrogens with one attached hydrogen (secondary N) is 1. The maximum Gasteiger partial charge on any atom is 0.272 e. The van der Waals surface area contributed by atoms with Crippen LogP contribution in [0, 0.1) is 0 Å². The first-order valence-electron chi connectivity index (χ1n) is 9.21. The molecule has 0 atom stereocenters. The number of fused-ring (bicyclic) bond motifs is 1. The third-order valence-electron chi connectivity index (χ3n) is 4.70. The number of hydrogen-bond acceptors (Lipinski definition) is 5. The second kappa shape index (κ2) is 7.64. The Hall–Kier alpha value is -2.76. The molecule has 0 aliphatic carbocycles. The lowest BCUT2D eigenvalue weighted by Gasteiger charge is -2.20. The molecule has 0 saturated carbocycles. The van der Waals surface area contributed by atoms with Crippen LogP contribution in [0.25, 0.3) is 0 Å². The minimum absolute atomic E-state index is 0.0118. The van der Waals surface area contributed by atoms with Crippen LogP contribution in [0.5, 0.6) is 11.5 Å². The van der Waals surface area contributed by atoms with Crippen LogP contribution in [0.4, 0.5) is 11.4 Å². The molecule has 26 heavy (non-hydrogen) atoms. The summed E-state index contributed by atoms with van der Waals surface area (Å²) in [5.41, 5.74) is 2.19. The summed E-state index contributed by atoms with van der Waals surface area (Å²) in [5, 5.41) is 3.32. The van der Waals surface area contributed by atoms with Gasteiger partial charge in [-0.2, -0.15) is 0 Å². The van der Waals surface area contributed by atoms with Crippen molar-refractivity contribution in [2.75, 3.05) is 31.6 Å². The van der Waals surface area contributed by atoms with Crippen LogP contribution in [0.3, 0.4) is 0 Å². The lowest BCUT2D eigenvalue weighted by Crippen LogP contribution is -2.32. The number of amides is 1. The SMILES string of the molecule is O=C(c1cc(Nc2ccc3c(c2)OCCO3)ccn1)N1CCCCCC1. The van der Waals surface area contributed by atoms with Gasteiger partial charge in [-0.25, -0.2) is 0 Å². The Bertz CT molecular complexity index is 786. The van der Waals surface area contributed by atoms with E-state index in [4.69, 9.17) is 9.47 Å². The molecular weight excluding hydrogens is 330 g/mol. The molecule has 1 N–H and O–H groups in total. The predicted molar refractivity (Wildman–Crippen MR) is 99.3 cm³/mol. The van der Waals surface area contributed by atoms with E-state index >= 15 is 0 Å². The van der Waals surface area contributed by atoms with Crippen LogP contribution in [-0.4, -0.2) is 42.1 Å². The second-order valence-corrected chi connectivity index (χ2v) is 6.62. The fraction of sp³-hybridized carbons (Fsp3) is 0.400. The van der Waals surface area contributed by atoms with Gasteiger partial charge in [-0.05, 0) is 37.1 Å². The molecule has 6 nitrogen and oxygen atoms in total. The molecule has 1 aromatic heterocycles. The molecule has 3 heterocycles. The average molecular weight is 353 g/mol. The maximum atomic E-state index is 12.7. The molecule has 0 radical (unpaired) electrons. The van der Waals surface area contributed by atoms with E-state index in [1.54, 1.807) is 6.20 Å². The first-order valence-corrected chi connectivity index (χ1v) is 9.21. The Morgan fingerprint density at radius 1 is 0.923 bits per heavy atom. The number of pyridine rings is 1. The normalized spacial score (nSPS) is 16.7. The Morgan fingerprint density at radius 2 is 1.65 bits per heavy atom. The fourth-order valence-electron chi connectivity index (χ4n) is 3.35. The summed E-state index contributed by atoms with van der Waals surface area (Å²) in [7, 11) is 0. The van der Waals surface area contributed by atoms with Crippen LogP contribution in [-0.2, 0) is 0 Å². The van der Waals surface area contributed by atoms with Crippen molar-refractivity contribution in [3.05, 3.63) is 42.2 Å². The summed E-state index contributed by atoms with van der Waals surface area (Å²) in [4.78, 5) is 18.9. The van der Waals surface area contributed by atoms with Crippen molar-refractivity contribution in [3.8, 4) is 11.5 Å². The zero-order valence-corrected chi connectivity index (χ0v) is 14.7. The summed E-state index contributed by atoms with van der Waals surface area (Å²) in [6, 6.07) is 9.40. The largest absolute Gasteiger partial charge is 0.486 e. The molecule has 4 rings (SSSR count). The van der Waals surface area contributed by atoms with Gasteiger partial charge in [-0.1, -0.05) is 12.8 Å². The number of rotatable bonds is 3. The summed E-state index contributed by atoms with van der Waals surface area (Å²) < 4.78 is 11.2. The van der Waals surface area contributed by atoms with E-state index in [1.165, 1.54) is 12.8 Å². The number of ether oxygens (including phenoxy) is 2. The van der Waals surface area contributed by atoms with Gasteiger partial charge in [0, 0.05) is 36.7 Å². The highest BCUT2D eigenvalue weighted by Gasteiger charge is 2.19. The quantitative estimate of drug-likeness (QED) is 0.913. The van der Waals surface area contributed by atoms with Crippen molar-refractivity contribution in [3.63, 3.8) is 0 Å². The Balaban J connectivity index is 1.49. The van der Waals surface area contributed by atoms with E-state index in [-0.39, 0.29) is 5.91 Å². The van der Waals surface area contributed by atoms with E-state index in [1.807, 2.05) is 35.2 Å². The Morgan fingerprint density at radius 3 is 2.46 bits per heavy atom. The van der Waals surface area contributed by atoms with E-state index in [0.717, 1.165) is 48.8 Å². The minimum Gasteiger partial charge on any atom is -0.486 e. The molecule has 136 valence electrons. The first kappa shape index (κ1) is 16.7. The smallest absolute Gasteiger partial charge is 0.272 e. The lowest BCUT2D eigenvalue weighted by atomic mass is 10.2. The molecule has 6 heteroatoms. The van der Waals surface area contributed by atoms with Crippen molar-refractivity contribution >= 4 is 17.3 Å². The third-order valence-corrected chi connectivity index (χ3v) is 4.70. The molecule has 1 amide bonds. The van der Waals surface area contributed by atoms with Gasteiger partial charge in [0.2, 0.25) is 0 Å². The van der Waals surface area contributed by atoms with Gasteiger partial charge in [0.1, 0.15) is 18.9 Å². The summed E-state index contributed by atoms with van der Waals surface area (Å²) >= 11 is 0. The van der Waals surface area contributed by atoms with Crippen molar-refractivity contribution in [2.45, 2.75) is 25.7 Å². The molecule has 2 aliphatic heterocycles. The van der Waals surface area contributed by atoms with Gasteiger partial charge in [-0.3, -0.25) is 9.78 Å². The highest BCUT2D eigenvalue weighted by Crippen LogP contribution is 2.33. The Kier molecular flexibility index (Phi) is 4.91. The van der Waals surface area contributed by atoms with Crippen molar-refractivity contribution in [1.29, 1.82) is 0 Å². The molecule has 0 bridgehead atoms. The number of aromatic nitrogens is 1. The number of nitrogens with zero attached hydrogens (tertiary/aromatic N) is 2. The number of carbonyl (C=O) groups excluding carboxylic acids is 1. The van der Waals surface area contributed by atoms with Crippen molar-refractivity contribution < 1.29 is 14.3 Å². The average Bonchev–Trinajstić information content (AvgIpc) is 2.97. The van der Waals surface area contributed by atoms with Gasteiger partial charge in [-0.15, -0.1) is 0 Å². The molecule has 0 spiro atoms. The molecule has 2 aliphatic rings. The number of anilines is 2. The van der Waals surface area contributed by atoms with Crippen molar-refractivity contribution in [2.24, 2.45) is 0 Å². The third kappa shape index (κ3) is 3.74. The van der Waals surface area contributed by atoms with Crippen LogP contribution >= 0.6 is 0 Å². The topological polar surface area (TPSA) is 63.7 Å². The molecule has 1 saturated heterocycles. The van der Waals surface area contributed by atoms with Gasteiger partial charge in [0.05, 0.1) is 0 Å². The van der Waals surface area contributed by atoms with Gasteiger partial charge >= 0.3 is 0 Å². The number of hydrogen-bond donors (Lipinski definition) is 1. The number of benzene rings is 1. The van der Waals surface area contributed by atoms with E-state index in [2.05, 4.69) is 10.3 Å². The maximum absolute atomic E-state index is 12.7. The minimum atomic E-state index is 0.0118. The summed E-state index contributed by atoms with van der Waals surface area (Å²) in [6.07, 6.45) is 6.21. The van der Waals surface area contributed by atoms with Crippen LogP contribution in [0.15, 0.2) is 36.5 Å². The summed E-state index contributed by atoms with van der Waals surface area (Å²) in [5.74, 6) is 1.50. The zero-order valence-electron chi connectivity index (χ0n) is 14.7. The molecule has 2 aromatic rings. The first-order chi connectivity index (χ1) is 12.8.